The van der Waals surface area contributed by atoms with Crippen molar-refractivity contribution in [2.75, 3.05) is 12.3 Å². The highest BCUT2D eigenvalue weighted by molar-refractivity contribution is 14.1. The number of halogens is 1. The molecule has 5 heteroatoms. The third-order valence-electron chi connectivity index (χ3n) is 3.95. The molecule has 0 atom stereocenters. The largest absolute Gasteiger partial charge is 0.493 e. The number of nitrogens with zero attached hydrogens (tertiary/aromatic N) is 1. The highest BCUT2D eigenvalue weighted by Gasteiger charge is 2.22. The van der Waals surface area contributed by atoms with E-state index in [2.05, 4.69) is 65.7 Å². The van der Waals surface area contributed by atoms with Gasteiger partial charge in [-0.25, -0.2) is 0 Å². The van der Waals surface area contributed by atoms with Crippen LogP contribution in [0.25, 0.3) is 11.3 Å². The number of anilines is 1. The average molecular weight is 399 g/mol. The van der Waals surface area contributed by atoms with Crippen molar-refractivity contribution in [3.8, 4) is 17.0 Å². The number of rotatable bonds is 5. The molecule has 0 radical (unpaired) electrons. The molecule has 0 aliphatic rings. The molecule has 0 bridgehead atoms. The van der Waals surface area contributed by atoms with Crippen molar-refractivity contribution in [2.24, 2.45) is 0 Å². The summed E-state index contributed by atoms with van der Waals surface area (Å²) in [5.74, 6) is 1.38. The average Bonchev–Trinajstić information content (AvgIpc) is 2.80. The molecule has 0 fully saturated rings. The quantitative estimate of drug-likeness (QED) is 0.735. The van der Waals surface area contributed by atoms with E-state index in [-0.39, 0.29) is 5.41 Å². The molecule has 2 rings (SSSR count). The molecule has 0 amide bonds. The fraction of sp³-hybridized carbons (Fsp3) is 0.438. The predicted octanol–water partition coefficient (Wildman–Crippen LogP) is 4.35. The maximum absolute atomic E-state index is 5.86. The van der Waals surface area contributed by atoms with Crippen LogP contribution in [0.4, 0.5) is 5.82 Å². The molecule has 0 aliphatic heterocycles. The van der Waals surface area contributed by atoms with Gasteiger partial charge < -0.3 is 10.5 Å². The Balaban J connectivity index is 2.60. The van der Waals surface area contributed by atoms with Crippen LogP contribution in [0.5, 0.6) is 5.75 Å². The maximum atomic E-state index is 5.86. The summed E-state index contributed by atoms with van der Waals surface area (Å²) < 4.78 is 6.70. The number of nitrogen functional groups attached to an aromatic ring is 1. The lowest BCUT2D eigenvalue weighted by Gasteiger charge is -2.24. The summed E-state index contributed by atoms with van der Waals surface area (Å²) in [7, 11) is 0. The molecule has 114 valence electrons. The summed E-state index contributed by atoms with van der Waals surface area (Å²) in [6, 6.07) is 6.37. The second kappa shape index (κ2) is 6.25. The van der Waals surface area contributed by atoms with Gasteiger partial charge in [-0.15, -0.1) is 0 Å². The van der Waals surface area contributed by atoms with E-state index in [1.54, 1.807) is 0 Å². The monoisotopic (exact) mass is 399 g/mol. The first-order valence-corrected chi connectivity index (χ1v) is 8.25. The Hall–Kier alpha value is -1.24. The zero-order chi connectivity index (χ0) is 15.6. The van der Waals surface area contributed by atoms with Crippen molar-refractivity contribution < 1.29 is 4.74 Å². The molecule has 1 aromatic heterocycles. The highest BCUT2D eigenvalue weighted by atomic mass is 127. The Kier molecular flexibility index (Phi) is 4.81. The van der Waals surface area contributed by atoms with E-state index >= 15 is 0 Å². The number of aromatic amines is 1. The molecule has 0 aliphatic carbocycles. The van der Waals surface area contributed by atoms with E-state index in [1.807, 2.05) is 13.0 Å². The van der Waals surface area contributed by atoms with Gasteiger partial charge in [0.25, 0.3) is 0 Å². The number of nitrogens with two attached hydrogens (primary N) is 1. The molecular weight excluding hydrogens is 377 g/mol. The van der Waals surface area contributed by atoms with E-state index in [4.69, 9.17) is 10.5 Å². The summed E-state index contributed by atoms with van der Waals surface area (Å²) in [4.78, 5) is 0. The van der Waals surface area contributed by atoms with Crippen LogP contribution in [0.1, 0.15) is 39.7 Å². The Morgan fingerprint density at radius 3 is 2.57 bits per heavy atom. The van der Waals surface area contributed by atoms with Gasteiger partial charge >= 0.3 is 0 Å². The first-order chi connectivity index (χ1) is 9.90. The first-order valence-electron chi connectivity index (χ1n) is 7.17. The van der Waals surface area contributed by atoms with Gasteiger partial charge in [-0.05, 0) is 59.0 Å². The van der Waals surface area contributed by atoms with Crippen LogP contribution in [-0.4, -0.2) is 16.8 Å². The number of nitrogens with one attached hydrogen (secondary N) is 1. The van der Waals surface area contributed by atoms with Crippen molar-refractivity contribution in [1.29, 1.82) is 0 Å². The minimum Gasteiger partial charge on any atom is -0.493 e. The predicted molar refractivity (Wildman–Crippen MR) is 95.6 cm³/mol. The van der Waals surface area contributed by atoms with Crippen molar-refractivity contribution in [1.82, 2.24) is 10.2 Å². The SMILES string of the molecule is CCOc1ccc(C(C)(C)CC)cc1-c1[nH]nc(N)c1I. The summed E-state index contributed by atoms with van der Waals surface area (Å²) in [5.41, 5.74) is 9.21. The Bertz CT molecular complexity index is 634. The van der Waals surface area contributed by atoms with Crippen LogP contribution in [0.2, 0.25) is 0 Å². The number of ether oxygens (including phenoxy) is 1. The molecule has 0 saturated carbocycles. The second-order valence-electron chi connectivity index (χ2n) is 5.68. The topological polar surface area (TPSA) is 63.9 Å². The van der Waals surface area contributed by atoms with E-state index in [9.17, 15) is 0 Å². The lowest BCUT2D eigenvalue weighted by atomic mass is 9.81. The molecule has 0 spiro atoms. The van der Waals surface area contributed by atoms with Crippen LogP contribution in [0, 0.1) is 3.57 Å². The van der Waals surface area contributed by atoms with E-state index in [0.717, 1.165) is 27.0 Å². The van der Waals surface area contributed by atoms with E-state index < -0.39 is 0 Å². The van der Waals surface area contributed by atoms with Gasteiger partial charge in [0.1, 0.15) is 5.75 Å². The fourth-order valence-electron chi connectivity index (χ4n) is 2.15. The summed E-state index contributed by atoms with van der Waals surface area (Å²) in [6.07, 6.45) is 1.07. The summed E-state index contributed by atoms with van der Waals surface area (Å²) in [6.45, 7) is 9.31. The van der Waals surface area contributed by atoms with Gasteiger partial charge in [-0.2, -0.15) is 5.10 Å². The van der Waals surface area contributed by atoms with E-state index in [1.165, 1.54) is 5.56 Å². The number of aromatic nitrogens is 2. The van der Waals surface area contributed by atoms with Crippen molar-refractivity contribution in [2.45, 2.75) is 39.5 Å². The van der Waals surface area contributed by atoms with E-state index in [0.29, 0.717) is 12.4 Å². The van der Waals surface area contributed by atoms with Gasteiger partial charge in [0.15, 0.2) is 5.82 Å². The number of benzene rings is 1. The molecule has 3 N–H and O–H groups in total. The van der Waals surface area contributed by atoms with Gasteiger partial charge in [0, 0.05) is 5.56 Å². The normalized spacial score (nSPS) is 11.7. The Labute approximate surface area is 139 Å². The third-order valence-corrected chi connectivity index (χ3v) is 5.04. The minimum atomic E-state index is 0.122. The summed E-state index contributed by atoms with van der Waals surface area (Å²) >= 11 is 2.22. The van der Waals surface area contributed by atoms with Crippen molar-refractivity contribution in [3.63, 3.8) is 0 Å². The molecule has 0 unspecified atom stereocenters. The lowest BCUT2D eigenvalue weighted by molar-refractivity contribution is 0.341. The number of hydrogen-bond donors (Lipinski definition) is 2. The minimum absolute atomic E-state index is 0.122. The first kappa shape index (κ1) is 16.1. The molecule has 0 saturated heterocycles. The number of H-pyrrole nitrogens is 1. The van der Waals surface area contributed by atoms with Crippen LogP contribution in [0.3, 0.4) is 0 Å². The van der Waals surface area contributed by atoms with Crippen LogP contribution in [0.15, 0.2) is 18.2 Å². The molecular formula is C16H22IN3O. The highest BCUT2D eigenvalue weighted by Crippen LogP contribution is 2.38. The third kappa shape index (κ3) is 3.17. The van der Waals surface area contributed by atoms with Gasteiger partial charge in [0.05, 0.1) is 15.9 Å². The lowest BCUT2D eigenvalue weighted by Crippen LogP contribution is -2.15. The molecule has 1 aromatic carbocycles. The molecule has 21 heavy (non-hydrogen) atoms. The Morgan fingerprint density at radius 1 is 1.33 bits per heavy atom. The molecule has 1 heterocycles. The summed E-state index contributed by atoms with van der Waals surface area (Å²) in [5, 5.41) is 7.12. The molecule has 4 nitrogen and oxygen atoms in total. The smallest absolute Gasteiger partial charge is 0.159 e. The zero-order valence-corrected chi connectivity index (χ0v) is 15.1. The second-order valence-corrected chi connectivity index (χ2v) is 6.76. The number of hydrogen-bond acceptors (Lipinski definition) is 3. The maximum Gasteiger partial charge on any atom is 0.159 e. The van der Waals surface area contributed by atoms with Gasteiger partial charge in [-0.1, -0.05) is 26.8 Å². The zero-order valence-electron chi connectivity index (χ0n) is 13.0. The van der Waals surface area contributed by atoms with Crippen molar-refractivity contribution in [3.05, 3.63) is 27.3 Å². The van der Waals surface area contributed by atoms with Crippen molar-refractivity contribution >= 4 is 28.4 Å². The Morgan fingerprint density at radius 2 is 2.05 bits per heavy atom. The standard InChI is InChI=1S/C16H22IN3O/c1-5-16(3,4)10-7-8-12(21-6-2)11(9-10)14-13(17)15(18)20-19-14/h7-9H,5-6H2,1-4H3,(H3,18,19,20). The van der Waals surface area contributed by atoms with Crippen LogP contribution in [-0.2, 0) is 5.41 Å². The fourth-order valence-corrected chi connectivity index (χ4v) is 2.68. The van der Waals surface area contributed by atoms with Gasteiger partial charge in [0.2, 0.25) is 0 Å². The van der Waals surface area contributed by atoms with Crippen LogP contribution < -0.4 is 10.5 Å². The molecule has 2 aromatic rings. The van der Waals surface area contributed by atoms with Crippen LogP contribution >= 0.6 is 22.6 Å². The van der Waals surface area contributed by atoms with Gasteiger partial charge in [-0.3, -0.25) is 5.10 Å².